The van der Waals surface area contributed by atoms with E-state index in [1.807, 2.05) is 6.07 Å². The van der Waals surface area contributed by atoms with Crippen LogP contribution >= 0.6 is 0 Å². The Bertz CT molecular complexity index is 489. The Morgan fingerprint density at radius 2 is 2.00 bits per heavy atom. The zero-order valence-corrected chi connectivity index (χ0v) is 8.21. The molecule has 1 aromatic heterocycles. The van der Waals surface area contributed by atoms with E-state index in [1.54, 1.807) is 31.3 Å². The first-order valence-electron chi connectivity index (χ1n) is 4.45. The van der Waals surface area contributed by atoms with Crippen LogP contribution in [0.3, 0.4) is 0 Å². The molecule has 0 aliphatic heterocycles. The third-order valence-corrected chi connectivity index (χ3v) is 2.12. The first kappa shape index (κ1) is 9.39. The fourth-order valence-electron chi connectivity index (χ4n) is 1.25. The van der Waals surface area contributed by atoms with Crippen LogP contribution in [-0.2, 0) is 7.05 Å². The van der Waals surface area contributed by atoms with Crippen LogP contribution in [0.2, 0.25) is 0 Å². The molecule has 0 bridgehead atoms. The summed E-state index contributed by atoms with van der Waals surface area (Å²) in [6.07, 6.45) is 0. The van der Waals surface area contributed by atoms with Gasteiger partial charge in [-0.05, 0) is 0 Å². The molecular weight excluding hydrogens is 192 g/mol. The summed E-state index contributed by atoms with van der Waals surface area (Å²) in [5.74, 6) is 0.0741. The first-order chi connectivity index (χ1) is 7.20. The van der Waals surface area contributed by atoms with Gasteiger partial charge in [0.25, 0.3) is 0 Å². The van der Waals surface area contributed by atoms with Crippen LogP contribution in [-0.4, -0.2) is 20.8 Å². The minimum atomic E-state index is -0.207. The Kier molecular flexibility index (Phi) is 2.21. The number of nitrogens with zero attached hydrogens (tertiary/aromatic N) is 3. The molecule has 2 rings (SSSR count). The van der Waals surface area contributed by atoms with E-state index in [1.165, 1.54) is 4.68 Å². The van der Waals surface area contributed by atoms with Gasteiger partial charge in [0.15, 0.2) is 11.5 Å². The third-order valence-electron chi connectivity index (χ3n) is 2.12. The van der Waals surface area contributed by atoms with E-state index in [0.29, 0.717) is 5.56 Å². The summed E-state index contributed by atoms with van der Waals surface area (Å²) in [6.45, 7) is 0. The highest BCUT2D eigenvalue weighted by atomic mass is 16.1. The third kappa shape index (κ3) is 1.59. The fraction of sp³-hybridized carbons (Fsp3) is 0.100. The normalized spacial score (nSPS) is 10.2. The van der Waals surface area contributed by atoms with E-state index in [0.717, 1.165) is 0 Å². The van der Waals surface area contributed by atoms with Gasteiger partial charge >= 0.3 is 0 Å². The van der Waals surface area contributed by atoms with Gasteiger partial charge in [0.05, 0.1) is 0 Å². The molecule has 5 nitrogen and oxygen atoms in total. The molecule has 0 fully saturated rings. The zero-order chi connectivity index (χ0) is 10.8. The standard InChI is InChI=1S/C10H10N4O/c1-14-10(11)8(12-13-14)9(15)7-5-3-2-4-6-7/h2-6H,11H2,1H3. The summed E-state index contributed by atoms with van der Waals surface area (Å²) in [5.41, 5.74) is 6.42. The SMILES string of the molecule is Cn1nnc(C(=O)c2ccccc2)c1N. The number of ketones is 1. The second-order valence-corrected chi connectivity index (χ2v) is 3.14. The molecule has 1 aromatic carbocycles. The smallest absolute Gasteiger partial charge is 0.217 e. The number of hydrogen-bond acceptors (Lipinski definition) is 4. The number of nitrogens with two attached hydrogens (primary N) is 1. The Morgan fingerprint density at radius 1 is 1.33 bits per heavy atom. The molecule has 0 saturated carbocycles. The average Bonchev–Trinajstić information content (AvgIpc) is 2.60. The van der Waals surface area contributed by atoms with Crippen molar-refractivity contribution < 1.29 is 4.79 Å². The molecule has 2 aromatic rings. The van der Waals surface area contributed by atoms with E-state index >= 15 is 0 Å². The summed E-state index contributed by atoms with van der Waals surface area (Å²) >= 11 is 0. The monoisotopic (exact) mass is 202 g/mol. The lowest BCUT2D eigenvalue weighted by atomic mass is 10.1. The van der Waals surface area contributed by atoms with Crippen molar-refractivity contribution in [1.82, 2.24) is 15.0 Å². The number of anilines is 1. The highest BCUT2D eigenvalue weighted by Gasteiger charge is 2.17. The van der Waals surface area contributed by atoms with Crippen molar-refractivity contribution in [2.75, 3.05) is 5.73 Å². The van der Waals surface area contributed by atoms with E-state index in [9.17, 15) is 4.79 Å². The van der Waals surface area contributed by atoms with Crippen LogP contribution < -0.4 is 5.73 Å². The molecule has 5 heteroatoms. The Morgan fingerprint density at radius 3 is 2.53 bits per heavy atom. The Balaban J connectivity index is 2.42. The fourth-order valence-corrected chi connectivity index (χ4v) is 1.25. The largest absolute Gasteiger partial charge is 0.382 e. The summed E-state index contributed by atoms with van der Waals surface area (Å²) < 4.78 is 1.37. The predicted molar refractivity (Wildman–Crippen MR) is 55.3 cm³/mol. The quantitative estimate of drug-likeness (QED) is 0.725. The van der Waals surface area contributed by atoms with Gasteiger partial charge in [-0.25, -0.2) is 4.68 Å². The van der Waals surface area contributed by atoms with Crippen LogP contribution in [0.4, 0.5) is 5.82 Å². The Labute approximate surface area is 86.5 Å². The van der Waals surface area contributed by atoms with Crippen molar-refractivity contribution in [3.8, 4) is 0 Å². The molecule has 1 heterocycles. The van der Waals surface area contributed by atoms with Gasteiger partial charge in [-0.3, -0.25) is 4.79 Å². The lowest BCUT2D eigenvalue weighted by Gasteiger charge is -1.97. The van der Waals surface area contributed by atoms with Crippen molar-refractivity contribution in [1.29, 1.82) is 0 Å². The first-order valence-corrected chi connectivity index (χ1v) is 4.45. The minimum absolute atomic E-state index is 0.198. The van der Waals surface area contributed by atoms with Gasteiger partial charge in [0.2, 0.25) is 5.78 Å². The molecule has 0 unspecified atom stereocenters. The van der Waals surface area contributed by atoms with Gasteiger partial charge in [-0.1, -0.05) is 35.5 Å². The van der Waals surface area contributed by atoms with Gasteiger partial charge in [0.1, 0.15) is 0 Å². The van der Waals surface area contributed by atoms with Crippen molar-refractivity contribution in [3.05, 3.63) is 41.6 Å². The van der Waals surface area contributed by atoms with Crippen molar-refractivity contribution >= 4 is 11.6 Å². The van der Waals surface area contributed by atoms with Crippen molar-refractivity contribution in [2.45, 2.75) is 0 Å². The molecule has 0 atom stereocenters. The highest BCUT2D eigenvalue weighted by Crippen LogP contribution is 2.12. The molecule has 0 radical (unpaired) electrons. The topological polar surface area (TPSA) is 73.8 Å². The minimum Gasteiger partial charge on any atom is -0.382 e. The lowest BCUT2D eigenvalue weighted by molar-refractivity contribution is 0.103. The molecule has 76 valence electrons. The maximum Gasteiger partial charge on any atom is 0.217 e. The van der Waals surface area contributed by atoms with Gasteiger partial charge in [-0.15, -0.1) is 5.10 Å². The Hall–Kier alpha value is -2.17. The second-order valence-electron chi connectivity index (χ2n) is 3.14. The van der Waals surface area contributed by atoms with Crippen LogP contribution in [0, 0.1) is 0 Å². The van der Waals surface area contributed by atoms with E-state index in [4.69, 9.17) is 5.73 Å². The summed E-state index contributed by atoms with van der Waals surface area (Å²) in [6, 6.07) is 8.86. The van der Waals surface area contributed by atoms with Crippen molar-refractivity contribution in [2.24, 2.45) is 7.05 Å². The number of rotatable bonds is 2. The maximum atomic E-state index is 11.9. The van der Waals surface area contributed by atoms with Gasteiger partial charge in [0, 0.05) is 12.6 Å². The number of benzene rings is 1. The zero-order valence-electron chi connectivity index (χ0n) is 8.21. The molecular formula is C10H10N4O. The van der Waals surface area contributed by atoms with Crippen LogP contribution in [0.15, 0.2) is 30.3 Å². The highest BCUT2D eigenvalue weighted by molar-refractivity contribution is 6.10. The van der Waals surface area contributed by atoms with Gasteiger partial charge in [-0.2, -0.15) is 0 Å². The molecule has 15 heavy (non-hydrogen) atoms. The maximum absolute atomic E-state index is 11.9. The van der Waals surface area contributed by atoms with Gasteiger partial charge < -0.3 is 5.73 Å². The molecule has 2 N–H and O–H groups in total. The van der Waals surface area contributed by atoms with E-state index < -0.39 is 0 Å². The lowest BCUT2D eigenvalue weighted by Crippen LogP contribution is -2.06. The number of carbonyl (C=O) groups is 1. The molecule has 0 aliphatic rings. The molecule has 0 saturated heterocycles. The molecule has 0 amide bonds. The molecule has 0 aliphatic carbocycles. The summed E-state index contributed by atoms with van der Waals surface area (Å²) in [5, 5.41) is 7.41. The average molecular weight is 202 g/mol. The number of carbonyl (C=O) groups excluding carboxylic acids is 1. The summed E-state index contributed by atoms with van der Waals surface area (Å²) in [7, 11) is 1.64. The number of hydrogen-bond donors (Lipinski definition) is 1. The van der Waals surface area contributed by atoms with E-state index in [-0.39, 0.29) is 17.3 Å². The number of aromatic nitrogens is 3. The predicted octanol–water partition coefficient (Wildman–Crippen LogP) is 0.628. The molecule has 0 spiro atoms. The van der Waals surface area contributed by atoms with Crippen molar-refractivity contribution in [3.63, 3.8) is 0 Å². The van der Waals surface area contributed by atoms with Crippen LogP contribution in [0.1, 0.15) is 16.1 Å². The second kappa shape index (κ2) is 3.53. The number of aryl methyl sites for hydroxylation is 1. The number of nitrogen functional groups attached to an aromatic ring is 1. The van der Waals surface area contributed by atoms with E-state index in [2.05, 4.69) is 10.3 Å². The van der Waals surface area contributed by atoms with Crippen LogP contribution in [0.25, 0.3) is 0 Å². The van der Waals surface area contributed by atoms with Crippen LogP contribution in [0.5, 0.6) is 0 Å². The summed E-state index contributed by atoms with van der Waals surface area (Å²) in [4.78, 5) is 11.9.